The van der Waals surface area contributed by atoms with Crippen LogP contribution in [-0.4, -0.2) is 30.2 Å². The normalized spacial score (nSPS) is 11.7. The minimum absolute atomic E-state index is 0.457. The lowest BCUT2D eigenvalue weighted by atomic mass is 9.89. The molecule has 2 aromatic carbocycles. The van der Waals surface area contributed by atoms with Crippen LogP contribution in [-0.2, 0) is 4.79 Å². The Bertz CT molecular complexity index is 860. The van der Waals surface area contributed by atoms with Crippen molar-refractivity contribution in [2.75, 3.05) is 19.0 Å². The van der Waals surface area contributed by atoms with E-state index in [1.54, 1.807) is 5.48 Å². The molecule has 1 heterocycles. The van der Waals surface area contributed by atoms with Crippen molar-refractivity contribution in [1.29, 1.82) is 0 Å². The maximum atomic E-state index is 12.2. The van der Waals surface area contributed by atoms with Gasteiger partial charge >= 0.3 is 0 Å². The number of carbonyl (C=O) groups is 1. The molecule has 3 aromatic rings. The molecule has 5 nitrogen and oxygen atoms in total. The Labute approximate surface area is 152 Å². The van der Waals surface area contributed by atoms with Gasteiger partial charge in [0.2, 0.25) is 0 Å². The molecule has 26 heavy (non-hydrogen) atoms. The molecule has 3 rings (SSSR count). The van der Waals surface area contributed by atoms with Crippen molar-refractivity contribution in [2.24, 2.45) is 0 Å². The fraction of sp³-hybridized carbons (Fsp3) is 0.143. The zero-order chi connectivity index (χ0) is 18.5. The number of benzene rings is 2. The maximum Gasteiger partial charge on any atom is 0.255 e. The van der Waals surface area contributed by atoms with Gasteiger partial charge in [-0.2, -0.15) is 0 Å². The Hall–Kier alpha value is -3.18. The van der Waals surface area contributed by atoms with Gasteiger partial charge in [0.1, 0.15) is 5.82 Å². The van der Waals surface area contributed by atoms with Crippen LogP contribution in [0.4, 0.5) is 5.82 Å². The first-order valence-electron chi connectivity index (χ1n) is 8.33. The lowest BCUT2D eigenvalue weighted by molar-refractivity contribution is -0.129. The first-order valence-corrected chi connectivity index (χ1v) is 8.33. The monoisotopic (exact) mass is 347 g/mol. The largest absolute Gasteiger partial charge is 0.363 e. The fourth-order valence-electron chi connectivity index (χ4n) is 2.89. The van der Waals surface area contributed by atoms with Gasteiger partial charge in [-0.1, -0.05) is 54.6 Å². The second-order valence-electron chi connectivity index (χ2n) is 6.24. The van der Waals surface area contributed by atoms with E-state index in [9.17, 15) is 4.79 Å². The summed E-state index contributed by atoms with van der Waals surface area (Å²) in [5.41, 5.74) is 5.43. The third-order valence-corrected chi connectivity index (χ3v) is 4.29. The maximum absolute atomic E-state index is 12.2. The first kappa shape index (κ1) is 17.6. The molecule has 132 valence electrons. The van der Waals surface area contributed by atoms with Crippen molar-refractivity contribution in [1.82, 2.24) is 10.5 Å². The van der Waals surface area contributed by atoms with Crippen LogP contribution in [0.15, 0.2) is 72.9 Å². The van der Waals surface area contributed by atoms with Gasteiger partial charge in [0.15, 0.2) is 0 Å². The molecule has 0 spiro atoms. The summed E-state index contributed by atoms with van der Waals surface area (Å²) in [7, 11) is 3.90. The van der Waals surface area contributed by atoms with Crippen molar-refractivity contribution in [2.45, 2.75) is 5.92 Å². The SMILES string of the molecule is CN(C)c1ccc(-c2ccc(C(C(=O)NO)c3ccccc3)cc2)cn1. The molecule has 0 saturated carbocycles. The highest BCUT2D eigenvalue weighted by Gasteiger charge is 2.22. The number of rotatable bonds is 5. The number of anilines is 1. The molecule has 0 fully saturated rings. The smallest absolute Gasteiger partial charge is 0.255 e. The van der Waals surface area contributed by atoms with E-state index >= 15 is 0 Å². The number of nitrogens with zero attached hydrogens (tertiary/aromatic N) is 2. The Kier molecular flexibility index (Phi) is 5.29. The standard InChI is InChI=1S/C21H21N3O2/c1-24(2)19-13-12-18(14-22-19)15-8-10-17(11-9-15)20(21(25)23-26)16-6-4-3-5-7-16/h3-14,20,26H,1-2H3,(H,23,25). The van der Waals surface area contributed by atoms with Gasteiger partial charge in [-0.3, -0.25) is 10.0 Å². The van der Waals surface area contributed by atoms with Crippen LogP contribution in [0.3, 0.4) is 0 Å². The summed E-state index contributed by atoms with van der Waals surface area (Å²) in [5.74, 6) is -0.125. The molecule has 0 saturated heterocycles. The Morgan fingerprint density at radius 1 is 0.923 bits per heavy atom. The number of aromatic nitrogens is 1. The second-order valence-corrected chi connectivity index (χ2v) is 6.24. The number of carbonyl (C=O) groups excluding carboxylic acids is 1. The quantitative estimate of drug-likeness (QED) is 0.548. The van der Waals surface area contributed by atoms with Crippen molar-refractivity contribution in [3.63, 3.8) is 0 Å². The molecule has 1 unspecified atom stereocenters. The van der Waals surface area contributed by atoms with Gasteiger partial charge in [-0.15, -0.1) is 0 Å². The summed E-state index contributed by atoms with van der Waals surface area (Å²) in [4.78, 5) is 18.6. The van der Waals surface area contributed by atoms with E-state index in [1.165, 1.54) is 0 Å². The van der Waals surface area contributed by atoms with E-state index in [0.717, 1.165) is 28.1 Å². The highest BCUT2D eigenvalue weighted by Crippen LogP contribution is 2.28. The van der Waals surface area contributed by atoms with E-state index in [-0.39, 0.29) is 0 Å². The van der Waals surface area contributed by atoms with E-state index < -0.39 is 11.8 Å². The van der Waals surface area contributed by atoms with Crippen LogP contribution in [0, 0.1) is 0 Å². The number of hydrogen-bond acceptors (Lipinski definition) is 4. The van der Waals surface area contributed by atoms with Crippen molar-refractivity contribution in [3.05, 3.63) is 84.1 Å². The van der Waals surface area contributed by atoms with Gasteiger partial charge in [-0.25, -0.2) is 10.5 Å². The lowest BCUT2D eigenvalue weighted by Crippen LogP contribution is -2.27. The highest BCUT2D eigenvalue weighted by molar-refractivity contribution is 5.86. The Morgan fingerprint density at radius 3 is 2.08 bits per heavy atom. The molecule has 2 N–H and O–H groups in total. The number of hydroxylamine groups is 1. The van der Waals surface area contributed by atoms with E-state index in [0.29, 0.717) is 0 Å². The van der Waals surface area contributed by atoms with Crippen molar-refractivity contribution in [3.8, 4) is 11.1 Å². The number of nitrogens with one attached hydrogen (secondary N) is 1. The molecule has 5 heteroatoms. The van der Waals surface area contributed by atoms with Crippen LogP contribution < -0.4 is 10.4 Å². The van der Waals surface area contributed by atoms with Crippen LogP contribution in [0.1, 0.15) is 17.0 Å². The summed E-state index contributed by atoms with van der Waals surface area (Å²) in [6.45, 7) is 0. The Balaban J connectivity index is 1.90. The fourth-order valence-corrected chi connectivity index (χ4v) is 2.89. The van der Waals surface area contributed by atoms with Crippen LogP contribution in [0.5, 0.6) is 0 Å². The van der Waals surface area contributed by atoms with Crippen LogP contribution in [0.2, 0.25) is 0 Å². The second kappa shape index (κ2) is 7.80. The van der Waals surface area contributed by atoms with Crippen molar-refractivity contribution < 1.29 is 10.0 Å². The van der Waals surface area contributed by atoms with Gasteiger partial charge in [-0.05, 0) is 28.8 Å². The lowest BCUT2D eigenvalue weighted by Gasteiger charge is -2.16. The van der Waals surface area contributed by atoms with Gasteiger partial charge in [0.25, 0.3) is 5.91 Å². The average molecular weight is 347 g/mol. The molecular weight excluding hydrogens is 326 g/mol. The zero-order valence-corrected chi connectivity index (χ0v) is 14.8. The zero-order valence-electron chi connectivity index (χ0n) is 14.8. The van der Waals surface area contributed by atoms with Crippen molar-refractivity contribution >= 4 is 11.7 Å². The van der Waals surface area contributed by atoms with E-state index in [1.807, 2.05) is 91.9 Å². The number of amides is 1. The molecule has 0 radical (unpaired) electrons. The minimum atomic E-state index is -0.565. The topological polar surface area (TPSA) is 65.5 Å². The molecule has 1 atom stereocenters. The summed E-state index contributed by atoms with van der Waals surface area (Å²) in [6, 6.07) is 21.1. The molecule has 0 aliphatic rings. The van der Waals surface area contributed by atoms with E-state index in [2.05, 4.69) is 4.98 Å². The van der Waals surface area contributed by atoms with E-state index in [4.69, 9.17) is 5.21 Å². The Morgan fingerprint density at radius 2 is 1.54 bits per heavy atom. The van der Waals surface area contributed by atoms with Gasteiger partial charge in [0.05, 0.1) is 5.92 Å². The summed E-state index contributed by atoms with van der Waals surface area (Å²) in [6.07, 6.45) is 1.83. The summed E-state index contributed by atoms with van der Waals surface area (Å²) < 4.78 is 0. The molecular formula is C21H21N3O2. The minimum Gasteiger partial charge on any atom is -0.363 e. The summed E-state index contributed by atoms with van der Waals surface area (Å²) >= 11 is 0. The first-order chi connectivity index (χ1) is 12.6. The predicted octanol–water partition coefficient (Wildman–Crippen LogP) is 3.45. The van der Waals surface area contributed by atoms with Crippen LogP contribution in [0.25, 0.3) is 11.1 Å². The van der Waals surface area contributed by atoms with Gasteiger partial charge in [0, 0.05) is 25.9 Å². The molecule has 1 amide bonds. The third-order valence-electron chi connectivity index (χ3n) is 4.29. The third kappa shape index (κ3) is 3.73. The van der Waals surface area contributed by atoms with Gasteiger partial charge < -0.3 is 4.90 Å². The number of pyridine rings is 1. The molecule has 1 aromatic heterocycles. The number of hydrogen-bond donors (Lipinski definition) is 2. The highest BCUT2D eigenvalue weighted by atomic mass is 16.5. The molecule has 0 aliphatic carbocycles. The summed E-state index contributed by atoms with van der Waals surface area (Å²) in [5, 5.41) is 9.12. The molecule has 0 aliphatic heterocycles. The van der Waals surface area contributed by atoms with Crippen LogP contribution >= 0.6 is 0 Å². The predicted molar refractivity (Wildman–Crippen MR) is 102 cm³/mol. The molecule has 0 bridgehead atoms. The average Bonchev–Trinajstić information content (AvgIpc) is 2.69.